The fourth-order valence-corrected chi connectivity index (χ4v) is 3.57. The van der Waals surface area contributed by atoms with E-state index in [1.807, 2.05) is 31.2 Å². The smallest absolute Gasteiger partial charge is 0.191 e. The van der Waals surface area contributed by atoms with E-state index in [4.69, 9.17) is 9.73 Å². The summed E-state index contributed by atoms with van der Waals surface area (Å²) in [5, 5.41) is 6.61. The molecule has 0 aliphatic heterocycles. The summed E-state index contributed by atoms with van der Waals surface area (Å²) >= 11 is 0. The molecule has 0 unspecified atom stereocenters. The molecule has 0 bridgehead atoms. The van der Waals surface area contributed by atoms with Gasteiger partial charge in [-0.05, 0) is 43.6 Å². The fraction of sp³-hybridized carbons (Fsp3) is 0.667. The summed E-state index contributed by atoms with van der Waals surface area (Å²) in [7, 11) is -2.95. The quantitative estimate of drug-likeness (QED) is 0.434. The SMILES string of the molecule is CCNC(=NCc1ccccc1OCC1CC1)NCC(C)(C)CCS(C)(=O)=O. The zero-order valence-corrected chi connectivity index (χ0v) is 18.4. The Morgan fingerprint density at radius 2 is 1.96 bits per heavy atom. The van der Waals surface area contributed by atoms with Gasteiger partial charge < -0.3 is 15.4 Å². The minimum atomic E-state index is -2.95. The second kappa shape index (κ2) is 10.1. The van der Waals surface area contributed by atoms with Gasteiger partial charge in [-0.15, -0.1) is 0 Å². The molecule has 158 valence electrons. The van der Waals surface area contributed by atoms with Crippen molar-refractivity contribution in [2.75, 3.05) is 31.7 Å². The molecule has 6 nitrogen and oxygen atoms in total. The Morgan fingerprint density at radius 1 is 1.25 bits per heavy atom. The second-order valence-corrected chi connectivity index (χ2v) is 10.7. The van der Waals surface area contributed by atoms with Crippen LogP contribution in [-0.4, -0.2) is 46.1 Å². The molecule has 0 heterocycles. The summed E-state index contributed by atoms with van der Waals surface area (Å²) in [6, 6.07) is 8.04. The molecule has 0 saturated heterocycles. The van der Waals surface area contributed by atoms with Gasteiger partial charge in [0.2, 0.25) is 0 Å². The molecule has 0 radical (unpaired) electrons. The van der Waals surface area contributed by atoms with Crippen LogP contribution in [0.1, 0.15) is 45.6 Å². The van der Waals surface area contributed by atoms with Gasteiger partial charge >= 0.3 is 0 Å². The third-order valence-corrected chi connectivity index (χ3v) is 5.73. The van der Waals surface area contributed by atoms with Crippen LogP contribution in [0.2, 0.25) is 0 Å². The van der Waals surface area contributed by atoms with Gasteiger partial charge in [0.15, 0.2) is 5.96 Å². The van der Waals surface area contributed by atoms with Crippen LogP contribution >= 0.6 is 0 Å². The van der Waals surface area contributed by atoms with E-state index in [0.717, 1.165) is 30.4 Å². The Balaban J connectivity index is 1.94. The Bertz CT molecular complexity index is 756. The lowest BCUT2D eigenvalue weighted by Gasteiger charge is -2.25. The second-order valence-electron chi connectivity index (χ2n) is 8.45. The molecule has 2 N–H and O–H groups in total. The standard InChI is InChI=1S/C21H35N3O3S/c1-5-22-20(24-16-21(2,3)12-13-28(4,25)26)23-14-18-8-6-7-9-19(18)27-15-17-10-11-17/h6-9,17H,5,10-16H2,1-4H3,(H2,22,23,24). The molecule has 0 aromatic heterocycles. The van der Waals surface area contributed by atoms with Gasteiger partial charge in [-0.25, -0.2) is 13.4 Å². The van der Waals surface area contributed by atoms with Crippen LogP contribution in [0.15, 0.2) is 29.3 Å². The van der Waals surface area contributed by atoms with Crippen molar-refractivity contribution in [3.63, 3.8) is 0 Å². The number of para-hydroxylation sites is 1. The molecule has 2 rings (SSSR count). The van der Waals surface area contributed by atoms with E-state index in [9.17, 15) is 8.42 Å². The highest BCUT2D eigenvalue weighted by atomic mass is 32.2. The summed E-state index contributed by atoms with van der Waals surface area (Å²) in [6.45, 7) is 8.88. The van der Waals surface area contributed by atoms with Gasteiger partial charge in [0.05, 0.1) is 18.9 Å². The van der Waals surface area contributed by atoms with E-state index in [1.165, 1.54) is 19.1 Å². The van der Waals surface area contributed by atoms with E-state index < -0.39 is 9.84 Å². The number of guanidine groups is 1. The Hall–Kier alpha value is -1.76. The van der Waals surface area contributed by atoms with Crippen molar-refractivity contribution in [1.82, 2.24) is 10.6 Å². The lowest BCUT2D eigenvalue weighted by atomic mass is 9.90. The lowest BCUT2D eigenvalue weighted by molar-refractivity contribution is 0.297. The topological polar surface area (TPSA) is 79.8 Å². The highest BCUT2D eigenvalue weighted by Crippen LogP contribution is 2.30. The third kappa shape index (κ3) is 8.95. The van der Waals surface area contributed by atoms with Gasteiger partial charge in [0.25, 0.3) is 0 Å². The maximum Gasteiger partial charge on any atom is 0.191 e. The molecule has 1 saturated carbocycles. The fourth-order valence-electron chi connectivity index (χ4n) is 2.65. The summed E-state index contributed by atoms with van der Waals surface area (Å²) < 4.78 is 28.8. The summed E-state index contributed by atoms with van der Waals surface area (Å²) in [5.74, 6) is 2.54. The van der Waals surface area contributed by atoms with Crippen LogP contribution in [0.25, 0.3) is 0 Å². The molecule has 0 spiro atoms. The number of sulfone groups is 1. The predicted molar refractivity (Wildman–Crippen MR) is 116 cm³/mol. The van der Waals surface area contributed by atoms with Gasteiger partial charge in [-0.3, -0.25) is 0 Å². The molecule has 7 heteroatoms. The van der Waals surface area contributed by atoms with Crippen LogP contribution < -0.4 is 15.4 Å². The number of hydrogen-bond acceptors (Lipinski definition) is 4. The zero-order chi connectivity index (χ0) is 20.6. The molecule has 28 heavy (non-hydrogen) atoms. The number of rotatable bonds is 11. The Morgan fingerprint density at radius 3 is 2.61 bits per heavy atom. The molecule has 0 amide bonds. The zero-order valence-electron chi connectivity index (χ0n) is 17.6. The third-order valence-electron chi connectivity index (χ3n) is 4.78. The van der Waals surface area contributed by atoms with E-state index in [-0.39, 0.29) is 11.2 Å². The number of benzene rings is 1. The van der Waals surface area contributed by atoms with Crippen molar-refractivity contribution in [3.8, 4) is 5.75 Å². The van der Waals surface area contributed by atoms with Crippen molar-refractivity contribution in [3.05, 3.63) is 29.8 Å². The molecule has 0 atom stereocenters. The highest BCUT2D eigenvalue weighted by molar-refractivity contribution is 7.90. The summed E-state index contributed by atoms with van der Waals surface area (Å²) in [4.78, 5) is 4.70. The molecular weight excluding hydrogens is 374 g/mol. The number of hydrogen-bond donors (Lipinski definition) is 2. The first-order valence-corrected chi connectivity index (χ1v) is 12.2. The van der Waals surface area contributed by atoms with E-state index in [2.05, 4.69) is 24.5 Å². The molecule has 1 aliphatic carbocycles. The normalized spacial score (nSPS) is 15.4. The van der Waals surface area contributed by atoms with Crippen LogP contribution in [0.4, 0.5) is 0 Å². The minimum absolute atomic E-state index is 0.148. The van der Waals surface area contributed by atoms with Gasteiger partial charge in [0, 0.05) is 24.9 Å². The van der Waals surface area contributed by atoms with E-state index in [1.54, 1.807) is 0 Å². The van der Waals surface area contributed by atoms with Gasteiger partial charge in [-0.1, -0.05) is 32.0 Å². The first-order chi connectivity index (χ1) is 13.2. The van der Waals surface area contributed by atoms with Crippen molar-refractivity contribution in [2.45, 2.75) is 46.6 Å². The maximum absolute atomic E-state index is 11.4. The Kier molecular flexibility index (Phi) is 8.16. The van der Waals surface area contributed by atoms with Gasteiger partial charge in [0.1, 0.15) is 15.6 Å². The average molecular weight is 410 g/mol. The van der Waals surface area contributed by atoms with Crippen molar-refractivity contribution in [1.29, 1.82) is 0 Å². The van der Waals surface area contributed by atoms with Crippen molar-refractivity contribution in [2.24, 2.45) is 16.3 Å². The van der Waals surface area contributed by atoms with Crippen LogP contribution in [0.3, 0.4) is 0 Å². The van der Waals surface area contributed by atoms with Crippen LogP contribution in [0, 0.1) is 11.3 Å². The lowest BCUT2D eigenvalue weighted by Crippen LogP contribution is -2.42. The van der Waals surface area contributed by atoms with E-state index in [0.29, 0.717) is 25.4 Å². The number of nitrogens with zero attached hydrogens (tertiary/aromatic N) is 1. The minimum Gasteiger partial charge on any atom is -0.493 e. The molecule has 1 aromatic carbocycles. The summed E-state index contributed by atoms with van der Waals surface area (Å²) in [5.41, 5.74) is 0.918. The Labute approximate surface area is 170 Å². The monoisotopic (exact) mass is 409 g/mol. The molecular formula is C21H35N3O3S. The highest BCUT2D eigenvalue weighted by Gasteiger charge is 2.22. The first-order valence-electron chi connectivity index (χ1n) is 10.1. The number of ether oxygens (including phenoxy) is 1. The first kappa shape index (κ1) is 22.5. The van der Waals surface area contributed by atoms with Gasteiger partial charge in [-0.2, -0.15) is 0 Å². The number of nitrogens with one attached hydrogen (secondary N) is 2. The van der Waals surface area contributed by atoms with Crippen LogP contribution in [0.5, 0.6) is 5.75 Å². The van der Waals surface area contributed by atoms with Crippen molar-refractivity contribution < 1.29 is 13.2 Å². The average Bonchev–Trinajstić information content (AvgIpc) is 3.45. The van der Waals surface area contributed by atoms with Crippen molar-refractivity contribution >= 4 is 15.8 Å². The molecule has 1 aliphatic rings. The largest absolute Gasteiger partial charge is 0.493 e. The van der Waals surface area contributed by atoms with Crippen LogP contribution in [-0.2, 0) is 16.4 Å². The molecule has 1 aromatic rings. The maximum atomic E-state index is 11.4. The summed E-state index contributed by atoms with van der Waals surface area (Å²) in [6.07, 6.45) is 4.43. The number of aliphatic imine (C=N–C) groups is 1. The van der Waals surface area contributed by atoms with E-state index >= 15 is 0 Å². The predicted octanol–water partition coefficient (Wildman–Crippen LogP) is 2.99. The molecule has 1 fully saturated rings.